The molecule has 1 aliphatic heterocycles. The van der Waals surface area contributed by atoms with Gasteiger partial charge in [0.05, 0.1) is 26.4 Å². The first-order valence-corrected chi connectivity index (χ1v) is 5.64. The third-order valence-corrected chi connectivity index (χ3v) is 2.87. The number of methoxy groups -OCH3 is 2. The summed E-state index contributed by atoms with van der Waals surface area (Å²) in [7, 11) is 2.85. The molecule has 1 atom stereocenters. The number of hydrogen-bond donors (Lipinski definition) is 2. The summed E-state index contributed by atoms with van der Waals surface area (Å²) >= 11 is 0. The minimum atomic E-state index is -0.735. The molecule has 0 amide bonds. The molecular formula is C12H16FNO4. The zero-order valence-corrected chi connectivity index (χ0v) is 10.3. The van der Waals surface area contributed by atoms with Crippen molar-refractivity contribution in [3.05, 3.63) is 17.4 Å². The summed E-state index contributed by atoms with van der Waals surface area (Å²) in [6, 6.07) is 1.19. The van der Waals surface area contributed by atoms with E-state index >= 15 is 0 Å². The predicted octanol–water partition coefficient (Wildman–Crippen LogP) is 1.21. The van der Waals surface area contributed by atoms with Crippen molar-refractivity contribution in [3.63, 3.8) is 0 Å². The van der Waals surface area contributed by atoms with Gasteiger partial charge in [-0.1, -0.05) is 0 Å². The number of nitrogens with one attached hydrogen (secondary N) is 1. The Kier molecular flexibility index (Phi) is 3.88. The van der Waals surface area contributed by atoms with E-state index in [0.717, 1.165) is 6.54 Å². The highest BCUT2D eigenvalue weighted by atomic mass is 19.1. The van der Waals surface area contributed by atoms with E-state index in [2.05, 4.69) is 5.32 Å². The zero-order valence-electron chi connectivity index (χ0n) is 10.3. The van der Waals surface area contributed by atoms with Gasteiger partial charge < -0.3 is 24.6 Å². The fraction of sp³-hybridized carbons (Fsp3) is 0.500. The van der Waals surface area contributed by atoms with Gasteiger partial charge in [0.25, 0.3) is 0 Å². The summed E-state index contributed by atoms with van der Waals surface area (Å²) < 4.78 is 29.8. The Hall–Kier alpha value is -1.53. The van der Waals surface area contributed by atoms with Crippen LogP contribution in [0, 0.1) is 5.82 Å². The van der Waals surface area contributed by atoms with Crippen LogP contribution in [0.5, 0.6) is 17.2 Å². The Labute approximate surface area is 104 Å². The maximum Gasteiger partial charge on any atom is 0.174 e. The molecule has 0 radical (unpaired) electrons. The molecular weight excluding hydrogens is 241 g/mol. The van der Waals surface area contributed by atoms with Crippen molar-refractivity contribution in [3.8, 4) is 17.2 Å². The van der Waals surface area contributed by atoms with Crippen LogP contribution in [0.4, 0.5) is 4.39 Å². The zero-order chi connectivity index (χ0) is 13.1. The minimum Gasteiger partial charge on any atom is -0.505 e. The molecule has 0 bridgehead atoms. The summed E-state index contributed by atoms with van der Waals surface area (Å²) in [4.78, 5) is 0. The van der Waals surface area contributed by atoms with E-state index in [9.17, 15) is 9.50 Å². The Balaban J connectivity index is 2.51. The molecule has 2 N–H and O–H groups in total. The van der Waals surface area contributed by atoms with Crippen LogP contribution in [0.25, 0.3) is 0 Å². The van der Waals surface area contributed by atoms with Crippen molar-refractivity contribution in [1.29, 1.82) is 0 Å². The number of aromatic hydroxyl groups is 1. The first kappa shape index (κ1) is 12.9. The lowest BCUT2D eigenvalue weighted by molar-refractivity contribution is 0.0235. The van der Waals surface area contributed by atoms with E-state index in [4.69, 9.17) is 14.2 Å². The molecule has 1 aromatic rings. The molecule has 1 fully saturated rings. The number of ether oxygens (including phenoxy) is 3. The molecule has 6 heteroatoms. The molecule has 0 saturated carbocycles. The van der Waals surface area contributed by atoms with Gasteiger partial charge in [0.15, 0.2) is 23.1 Å². The topological polar surface area (TPSA) is 60.0 Å². The second-order valence-corrected chi connectivity index (χ2v) is 3.92. The van der Waals surface area contributed by atoms with Gasteiger partial charge in [0.2, 0.25) is 0 Å². The fourth-order valence-corrected chi connectivity index (χ4v) is 2.02. The van der Waals surface area contributed by atoms with Gasteiger partial charge in [0.1, 0.15) is 6.10 Å². The Bertz CT molecular complexity index is 433. The van der Waals surface area contributed by atoms with Crippen LogP contribution in [0.2, 0.25) is 0 Å². The molecule has 0 aromatic heterocycles. The van der Waals surface area contributed by atoms with E-state index in [0.29, 0.717) is 13.2 Å². The van der Waals surface area contributed by atoms with Gasteiger partial charge in [-0.2, -0.15) is 0 Å². The Morgan fingerprint density at radius 1 is 1.44 bits per heavy atom. The SMILES string of the molecule is COc1cc(O)c(F)c(C2CNCCO2)c1OC. The van der Waals surface area contributed by atoms with Crippen molar-refractivity contribution in [2.45, 2.75) is 6.10 Å². The van der Waals surface area contributed by atoms with E-state index in [1.54, 1.807) is 0 Å². The fourth-order valence-electron chi connectivity index (χ4n) is 2.02. The van der Waals surface area contributed by atoms with Crippen molar-refractivity contribution in [2.75, 3.05) is 33.9 Å². The van der Waals surface area contributed by atoms with Gasteiger partial charge in [-0.15, -0.1) is 0 Å². The molecule has 1 saturated heterocycles. The lowest BCUT2D eigenvalue weighted by Gasteiger charge is -2.26. The number of phenolic OH excluding ortho intramolecular Hbond substituents is 1. The van der Waals surface area contributed by atoms with E-state index in [1.807, 2.05) is 0 Å². The molecule has 1 aromatic carbocycles. The summed E-state index contributed by atoms with van der Waals surface area (Å²) in [6.07, 6.45) is -0.505. The first-order chi connectivity index (χ1) is 8.69. The lowest BCUT2D eigenvalue weighted by Crippen LogP contribution is -2.34. The van der Waals surface area contributed by atoms with Crippen LogP contribution in [0.1, 0.15) is 11.7 Å². The van der Waals surface area contributed by atoms with Crippen LogP contribution in [-0.4, -0.2) is 39.0 Å². The maximum absolute atomic E-state index is 14.1. The van der Waals surface area contributed by atoms with Crippen molar-refractivity contribution < 1.29 is 23.7 Å². The summed E-state index contributed by atoms with van der Waals surface area (Å²) in [5.41, 5.74) is 0.182. The van der Waals surface area contributed by atoms with Crippen LogP contribution in [-0.2, 0) is 4.74 Å². The normalized spacial score (nSPS) is 19.6. The van der Waals surface area contributed by atoms with Gasteiger partial charge >= 0.3 is 0 Å². The highest BCUT2D eigenvalue weighted by molar-refractivity contribution is 5.53. The minimum absolute atomic E-state index is 0.182. The standard InChI is InChI=1S/C12H16FNO4/c1-16-8-5-7(15)11(13)10(12(8)17-2)9-6-14-3-4-18-9/h5,9,14-15H,3-4,6H2,1-2H3. The van der Waals surface area contributed by atoms with Crippen LogP contribution < -0.4 is 14.8 Å². The molecule has 1 aliphatic rings. The molecule has 0 spiro atoms. The molecule has 1 heterocycles. The molecule has 18 heavy (non-hydrogen) atoms. The molecule has 0 aliphatic carbocycles. The van der Waals surface area contributed by atoms with Crippen molar-refractivity contribution in [2.24, 2.45) is 0 Å². The third-order valence-electron chi connectivity index (χ3n) is 2.87. The van der Waals surface area contributed by atoms with Crippen LogP contribution in [0.3, 0.4) is 0 Å². The van der Waals surface area contributed by atoms with Gasteiger partial charge in [-0.25, -0.2) is 4.39 Å². The van der Waals surface area contributed by atoms with Crippen LogP contribution in [0.15, 0.2) is 6.07 Å². The number of halogens is 1. The number of morpholine rings is 1. The maximum atomic E-state index is 14.1. The molecule has 5 nitrogen and oxygen atoms in total. The van der Waals surface area contributed by atoms with Crippen LogP contribution >= 0.6 is 0 Å². The average Bonchev–Trinajstić information content (AvgIpc) is 2.42. The van der Waals surface area contributed by atoms with Gasteiger partial charge in [0, 0.05) is 19.2 Å². The number of benzene rings is 1. The molecule has 1 unspecified atom stereocenters. The van der Waals surface area contributed by atoms with E-state index < -0.39 is 17.7 Å². The van der Waals surface area contributed by atoms with E-state index in [-0.39, 0.29) is 17.1 Å². The summed E-state index contributed by atoms with van der Waals surface area (Å²) in [5.74, 6) is -0.680. The number of hydrogen-bond acceptors (Lipinski definition) is 5. The van der Waals surface area contributed by atoms with Gasteiger partial charge in [-0.3, -0.25) is 0 Å². The van der Waals surface area contributed by atoms with E-state index in [1.165, 1.54) is 20.3 Å². The first-order valence-electron chi connectivity index (χ1n) is 5.64. The second-order valence-electron chi connectivity index (χ2n) is 3.92. The highest BCUT2D eigenvalue weighted by Crippen LogP contribution is 2.42. The number of phenols is 1. The Morgan fingerprint density at radius 3 is 2.78 bits per heavy atom. The largest absolute Gasteiger partial charge is 0.505 e. The summed E-state index contributed by atoms with van der Waals surface area (Å²) in [5, 5.41) is 12.7. The number of rotatable bonds is 3. The lowest BCUT2D eigenvalue weighted by atomic mass is 10.0. The Morgan fingerprint density at radius 2 is 2.22 bits per heavy atom. The smallest absolute Gasteiger partial charge is 0.174 e. The monoisotopic (exact) mass is 257 g/mol. The third kappa shape index (κ3) is 2.21. The second kappa shape index (κ2) is 5.41. The highest BCUT2D eigenvalue weighted by Gasteiger charge is 2.28. The molecule has 2 rings (SSSR count). The van der Waals surface area contributed by atoms with Gasteiger partial charge in [-0.05, 0) is 0 Å². The average molecular weight is 257 g/mol. The summed E-state index contributed by atoms with van der Waals surface area (Å²) in [6.45, 7) is 1.65. The quantitative estimate of drug-likeness (QED) is 0.852. The van der Waals surface area contributed by atoms with Crippen molar-refractivity contribution >= 4 is 0 Å². The molecule has 100 valence electrons. The van der Waals surface area contributed by atoms with Crippen molar-refractivity contribution in [1.82, 2.24) is 5.32 Å². The predicted molar refractivity (Wildman–Crippen MR) is 62.7 cm³/mol.